The molecule has 4 aromatic rings. The van der Waals surface area contributed by atoms with Crippen molar-refractivity contribution in [1.82, 2.24) is 25.3 Å². The standard InChI is InChI=1S/C25H23ClN6O3/c1-14-10-28-11-15(30-14)13-35-20-12-27-8-6-16(20)22-23(21-18(31-22)7-9-29-25(21)33)32-19-5-3-4-17(26)24(19)34-2/h3-6,8,10-12,31-32H,7,9,13H2,1-2H3,(H,29,33). The van der Waals surface area contributed by atoms with Crippen LogP contribution in [-0.4, -0.2) is 39.5 Å². The highest BCUT2D eigenvalue weighted by Gasteiger charge is 2.28. The Balaban J connectivity index is 1.58. The molecule has 5 rings (SSSR count). The van der Waals surface area contributed by atoms with Crippen molar-refractivity contribution in [2.45, 2.75) is 20.0 Å². The van der Waals surface area contributed by atoms with Crippen LogP contribution in [0.2, 0.25) is 5.02 Å². The first kappa shape index (κ1) is 22.7. The van der Waals surface area contributed by atoms with Gasteiger partial charge >= 0.3 is 0 Å². The normalized spacial score (nSPS) is 12.6. The van der Waals surface area contributed by atoms with Gasteiger partial charge in [0.2, 0.25) is 0 Å². The number of aromatic amines is 1. The number of fused-ring (bicyclic) bond motifs is 1. The van der Waals surface area contributed by atoms with Gasteiger partial charge in [-0.1, -0.05) is 17.7 Å². The molecule has 3 aromatic heterocycles. The Labute approximate surface area is 206 Å². The molecule has 0 saturated carbocycles. The van der Waals surface area contributed by atoms with Gasteiger partial charge in [-0.2, -0.15) is 0 Å². The predicted molar refractivity (Wildman–Crippen MR) is 132 cm³/mol. The summed E-state index contributed by atoms with van der Waals surface area (Å²) in [6, 6.07) is 7.24. The Morgan fingerprint density at radius 2 is 2.06 bits per heavy atom. The van der Waals surface area contributed by atoms with E-state index < -0.39 is 0 Å². The molecule has 0 aliphatic carbocycles. The third-order valence-electron chi connectivity index (χ3n) is 5.63. The summed E-state index contributed by atoms with van der Waals surface area (Å²) in [6.45, 7) is 2.65. The first-order chi connectivity index (χ1) is 17.0. The quantitative estimate of drug-likeness (QED) is 0.350. The Morgan fingerprint density at radius 3 is 2.89 bits per heavy atom. The van der Waals surface area contributed by atoms with Crippen molar-refractivity contribution in [3.8, 4) is 22.8 Å². The number of ether oxygens (including phenoxy) is 2. The minimum atomic E-state index is -0.163. The third-order valence-corrected chi connectivity index (χ3v) is 5.93. The number of para-hydroxylation sites is 1. The highest BCUT2D eigenvalue weighted by atomic mass is 35.5. The van der Waals surface area contributed by atoms with Crippen LogP contribution >= 0.6 is 11.6 Å². The number of nitrogens with zero attached hydrogens (tertiary/aromatic N) is 3. The van der Waals surface area contributed by atoms with Crippen molar-refractivity contribution in [2.75, 3.05) is 19.0 Å². The summed E-state index contributed by atoms with van der Waals surface area (Å²) >= 11 is 6.34. The van der Waals surface area contributed by atoms with Gasteiger partial charge in [0.15, 0.2) is 5.75 Å². The van der Waals surface area contributed by atoms with Gasteiger partial charge in [0.25, 0.3) is 5.91 Å². The largest absolute Gasteiger partial charge is 0.493 e. The second kappa shape index (κ2) is 9.63. The van der Waals surface area contributed by atoms with Gasteiger partial charge in [0, 0.05) is 36.6 Å². The van der Waals surface area contributed by atoms with E-state index in [1.807, 2.05) is 25.1 Å². The van der Waals surface area contributed by atoms with Gasteiger partial charge in [-0.3, -0.25) is 19.7 Å². The molecule has 9 nitrogen and oxygen atoms in total. The molecule has 0 unspecified atom stereocenters. The van der Waals surface area contributed by atoms with E-state index in [1.165, 1.54) is 0 Å². The van der Waals surface area contributed by atoms with E-state index in [-0.39, 0.29) is 12.5 Å². The number of aromatic nitrogens is 4. The summed E-state index contributed by atoms with van der Waals surface area (Å²) in [5, 5.41) is 6.76. The number of rotatable bonds is 7. The van der Waals surface area contributed by atoms with Crippen molar-refractivity contribution in [2.24, 2.45) is 0 Å². The molecule has 35 heavy (non-hydrogen) atoms. The maximum atomic E-state index is 12.9. The van der Waals surface area contributed by atoms with E-state index in [0.717, 1.165) is 17.0 Å². The van der Waals surface area contributed by atoms with Gasteiger partial charge in [-0.25, -0.2) is 0 Å². The van der Waals surface area contributed by atoms with Crippen LogP contribution in [0.5, 0.6) is 11.5 Å². The lowest BCUT2D eigenvalue weighted by Crippen LogP contribution is -2.31. The fraction of sp³-hybridized carbons (Fsp3) is 0.200. The van der Waals surface area contributed by atoms with Crippen LogP contribution in [0.25, 0.3) is 11.3 Å². The van der Waals surface area contributed by atoms with E-state index in [4.69, 9.17) is 21.1 Å². The second-order valence-corrected chi connectivity index (χ2v) is 8.40. The Hall–Kier alpha value is -4.11. The molecule has 1 aromatic carbocycles. The fourth-order valence-corrected chi connectivity index (χ4v) is 4.35. The van der Waals surface area contributed by atoms with Crippen molar-refractivity contribution in [3.63, 3.8) is 0 Å². The van der Waals surface area contributed by atoms with E-state index in [1.54, 1.807) is 38.0 Å². The molecule has 0 spiro atoms. The lowest BCUT2D eigenvalue weighted by molar-refractivity contribution is 0.0947. The number of aryl methyl sites for hydroxylation is 1. The molecule has 0 radical (unpaired) electrons. The van der Waals surface area contributed by atoms with Gasteiger partial charge in [0.1, 0.15) is 12.4 Å². The lowest BCUT2D eigenvalue weighted by atomic mass is 10.0. The minimum absolute atomic E-state index is 0.163. The monoisotopic (exact) mass is 490 g/mol. The van der Waals surface area contributed by atoms with Crippen molar-refractivity contribution in [3.05, 3.63) is 76.7 Å². The number of anilines is 2. The average Bonchev–Trinajstić information content (AvgIpc) is 3.22. The number of hydrogen-bond donors (Lipinski definition) is 3. The first-order valence-electron chi connectivity index (χ1n) is 11.0. The van der Waals surface area contributed by atoms with Gasteiger partial charge in [-0.05, 0) is 25.1 Å². The highest BCUT2D eigenvalue weighted by Crippen LogP contribution is 2.42. The maximum Gasteiger partial charge on any atom is 0.255 e. The zero-order valence-corrected chi connectivity index (χ0v) is 19.9. The van der Waals surface area contributed by atoms with E-state index in [2.05, 4.69) is 30.6 Å². The van der Waals surface area contributed by atoms with E-state index in [9.17, 15) is 4.79 Å². The van der Waals surface area contributed by atoms with Gasteiger partial charge < -0.3 is 25.1 Å². The lowest BCUT2D eigenvalue weighted by Gasteiger charge is -2.17. The fourth-order valence-electron chi connectivity index (χ4n) is 4.09. The number of nitrogens with one attached hydrogen (secondary N) is 3. The summed E-state index contributed by atoms with van der Waals surface area (Å²) < 4.78 is 11.6. The van der Waals surface area contributed by atoms with Gasteiger partial charge in [0.05, 0.1) is 58.5 Å². The molecule has 3 N–H and O–H groups in total. The Bertz CT molecular complexity index is 1400. The summed E-state index contributed by atoms with van der Waals surface area (Å²) in [6.07, 6.45) is 7.35. The molecule has 1 amide bonds. The Kier molecular flexibility index (Phi) is 6.24. The molecule has 4 heterocycles. The molecule has 10 heteroatoms. The number of carbonyl (C=O) groups excluding carboxylic acids is 1. The van der Waals surface area contributed by atoms with E-state index >= 15 is 0 Å². The SMILES string of the molecule is COc1c(Cl)cccc1Nc1c(-c2ccncc2OCc2cncc(C)n2)[nH]c2c1C(=O)NCC2. The van der Waals surface area contributed by atoms with E-state index in [0.29, 0.717) is 57.8 Å². The van der Waals surface area contributed by atoms with Crippen molar-refractivity contribution in [1.29, 1.82) is 0 Å². The summed E-state index contributed by atoms with van der Waals surface area (Å²) in [5.74, 6) is 0.857. The van der Waals surface area contributed by atoms with Crippen molar-refractivity contribution < 1.29 is 14.3 Å². The molecule has 0 fully saturated rings. The minimum Gasteiger partial charge on any atom is -0.493 e. The molecular formula is C25H23ClN6O3. The predicted octanol–water partition coefficient (Wildman–Crippen LogP) is 4.45. The number of benzene rings is 1. The summed E-state index contributed by atoms with van der Waals surface area (Å²) in [7, 11) is 1.55. The molecule has 0 atom stereocenters. The molecular weight excluding hydrogens is 468 g/mol. The van der Waals surface area contributed by atoms with Gasteiger partial charge in [-0.15, -0.1) is 0 Å². The van der Waals surface area contributed by atoms with Crippen LogP contribution in [-0.2, 0) is 13.0 Å². The number of halogens is 1. The van der Waals surface area contributed by atoms with Crippen LogP contribution < -0.4 is 20.1 Å². The van der Waals surface area contributed by atoms with Crippen LogP contribution in [0, 0.1) is 6.92 Å². The third kappa shape index (κ3) is 4.50. The molecule has 1 aliphatic heterocycles. The van der Waals surface area contributed by atoms with Crippen LogP contribution in [0.4, 0.5) is 11.4 Å². The number of amides is 1. The van der Waals surface area contributed by atoms with Crippen LogP contribution in [0.15, 0.2) is 49.1 Å². The number of H-pyrrole nitrogens is 1. The summed E-state index contributed by atoms with van der Waals surface area (Å²) in [4.78, 5) is 29.2. The zero-order chi connectivity index (χ0) is 24.4. The zero-order valence-electron chi connectivity index (χ0n) is 19.2. The second-order valence-electron chi connectivity index (χ2n) is 7.99. The van der Waals surface area contributed by atoms with Crippen LogP contribution in [0.1, 0.15) is 27.4 Å². The number of methoxy groups -OCH3 is 1. The molecule has 0 saturated heterocycles. The average molecular weight is 491 g/mol. The molecule has 178 valence electrons. The molecule has 1 aliphatic rings. The number of pyridine rings is 1. The molecule has 0 bridgehead atoms. The smallest absolute Gasteiger partial charge is 0.255 e. The first-order valence-corrected chi connectivity index (χ1v) is 11.4. The summed E-state index contributed by atoms with van der Waals surface area (Å²) in [5.41, 5.74) is 5.56. The maximum absolute atomic E-state index is 12.9. The number of carbonyl (C=O) groups is 1. The topological polar surface area (TPSA) is 114 Å². The Morgan fingerprint density at radius 1 is 1.17 bits per heavy atom. The highest BCUT2D eigenvalue weighted by molar-refractivity contribution is 6.32. The number of hydrogen-bond acceptors (Lipinski definition) is 7. The van der Waals surface area contributed by atoms with Crippen molar-refractivity contribution >= 4 is 28.9 Å². The van der Waals surface area contributed by atoms with Crippen LogP contribution in [0.3, 0.4) is 0 Å².